The van der Waals surface area contributed by atoms with Crippen LogP contribution in [0.5, 0.6) is 0 Å². The minimum Gasteiger partial charge on any atom is -0.466 e. The van der Waals surface area contributed by atoms with Crippen molar-refractivity contribution in [3.05, 3.63) is 11.1 Å². The molecule has 1 rings (SSSR count). The first-order valence-corrected chi connectivity index (χ1v) is 10.1. The molecule has 9 heteroatoms. The Balaban J connectivity index is 3.47. The average Bonchev–Trinajstić information content (AvgIpc) is 2.02. The second kappa shape index (κ2) is 4.89. The van der Waals surface area contributed by atoms with Gasteiger partial charge in [0.2, 0.25) is 0 Å². The maximum Gasteiger partial charge on any atom is 0.370 e. The van der Waals surface area contributed by atoms with Gasteiger partial charge in [-0.25, -0.2) is 4.39 Å². The second-order valence-corrected chi connectivity index (χ2v) is 11.8. The van der Waals surface area contributed by atoms with Gasteiger partial charge in [0.1, 0.15) is 0 Å². The molecule has 0 saturated heterocycles. The normalized spacial score (nSPS) is 24.9. The topological polar surface area (TPSA) is 18.5 Å². The Morgan fingerprint density at radius 2 is 1.68 bits per heavy atom. The summed E-state index contributed by atoms with van der Waals surface area (Å²) in [6.07, 6.45) is 0. The zero-order valence-corrected chi connectivity index (χ0v) is 14.1. The van der Waals surface area contributed by atoms with Gasteiger partial charge in [0.05, 0.1) is 19.9 Å². The number of ether oxygens (including phenoxy) is 2. The van der Waals surface area contributed by atoms with Crippen LogP contribution in [0.4, 0.5) is 13.2 Å². The Morgan fingerprint density at radius 1 is 1.21 bits per heavy atom. The van der Waals surface area contributed by atoms with E-state index in [0.29, 0.717) is 0 Å². The molecule has 1 aliphatic heterocycles. The molecule has 0 fully saturated rings. The van der Waals surface area contributed by atoms with Crippen molar-refractivity contribution < 1.29 is 22.6 Å². The van der Waals surface area contributed by atoms with Crippen molar-refractivity contribution >= 4 is 42.9 Å². The van der Waals surface area contributed by atoms with Crippen LogP contribution < -0.4 is 0 Å². The molecule has 0 saturated carbocycles. The van der Waals surface area contributed by atoms with E-state index in [0.717, 1.165) is 0 Å². The third-order valence-electron chi connectivity index (χ3n) is 2.63. The number of rotatable bonds is 5. The summed E-state index contributed by atoms with van der Waals surface area (Å²) >= 11 is 15.6. The van der Waals surface area contributed by atoms with Gasteiger partial charge in [0.15, 0.2) is 0 Å². The van der Waals surface area contributed by atoms with Gasteiger partial charge in [-0.15, -0.1) is 0 Å². The number of hydrogen-bond donors (Lipinski definition) is 0. The summed E-state index contributed by atoms with van der Waals surface area (Å²) in [5, 5.41) is -4.17. The molecule has 0 amide bonds. The van der Waals surface area contributed by atoms with Gasteiger partial charge >= 0.3 is 9.97 Å². The van der Waals surface area contributed by atoms with Crippen molar-refractivity contribution in [2.24, 2.45) is 0 Å². The molecular weight excluding hydrogens is 344 g/mol. The van der Waals surface area contributed by atoms with Crippen molar-refractivity contribution in [3.63, 3.8) is 0 Å². The Morgan fingerprint density at radius 3 is 1.95 bits per heavy atom. The second-order valence-electron chi connectivity index (χ2n) is 5.12. The molecule has 0 spiro atoms. The molecule has 1 atom stereocenters. The summed E-state index contributed by atoms with van der Waals surface area (Å²) in [5.41, 5.74) is -2.92. The third kappa shape index (κ3) is 2.69. The molecule has 0 aromatic heterocycles. The Kier molecular flexibility index (Phi) is 4.45. The van der Waals surface area contributed by atoms with Crippen molar-refractivity contribution in [2.45, 2.75) is 42.1 Å². The molecule has 0 radical (unpaired) electrons. The van der Waals surface area contributed by atoms with Gasteiger partial charge in [-0.05, 0) is 18.5 Å². The fourth-order valence-corrected chi connectivity index (χ4v) is 5.24. The van der Waals surface area contributed by atoms with Crippen LogP contribution in [-0.4, -0.2) is 30.3 Å². The molecule has 0 bridgehead atoms. The van der Waals surface area contributed by atoms with Crippen LogP contribution in [0.1, 0.15) is 6.92 Å². The van der Waals surface area contributed by atoms with E-state index in [4.69, 9.17) is 44.3 Å². The van der Waals surface area contributed by atoms with Crippen LogP contribution in [0.25, 0.3) is 0 Å². The predicted molar refractivity (Wildman–Crippen MR) is 72.2 cm³/mol. The SMILES string of the molecule is CCOC1=C([Si](C)(C)C)C(C(F)(F)Cl)(C(F)(Cl)Cl)O1. The van der Waals surface area contributed by atoms with E-state index in [2.05, 4.69) is 0 Å². The molecule has 0 aromatic carbocycles. The van der Waals surface area contributed by atoms with E-state index < -0.39 is 23.6 Å². The van der Waals surface area contributed by atoms with E-state index in [1.165, 1.54) is 0 Å². The zero-order chi connectivity index (χ0) is 15.3. The standard InChI is InChI=1S/C10H14Cl3F3O2Si/c1-5-17-7-6(19(2,3)4)8(18-7,9(11,12)14)10(13,15)16/h5H2,1-4H3. The van der Waals surface area contributed by atoms with Crippen LogP contribution in [-0.2, 0) is 9.47 Å². The zero-order valence-electron chi connectivity index (χ0n) is 10.8. The quantitative estimate of drug-likeness (QED) is 0.519. The molecule has 2 nitrogen and oxygen atoms in total. The number of halogens is 6. The van der Waals surface area contributed by atoms with Crippen molar-refractivity contribution in [1.29, 1.82) is 0 Å². The van der Waals surface area contributed by atoms with Gasteiger partial charge in [0, 0.05) is 0 Å². The molecule has 112 valence electrons. The first-order chi connectivity index (χ1) is 8.29. The first-order valence-electron chi connectivity index (χ1n) is 5.49. The van der Waals surface area contributed by atoms with Crippen molar-refractivity contribution in [1.82, 2.24) is 0 Å². The smallest absolute Gasteiger partial charge is 0.370 e. The molecule has 1 heterocycles. The minimum absolute atomic E-state index is 0.0608. The lowest BCUT2D eigenvalue weighted by atomic mass is 10.0. The molecule has 1 unspecified atom stereocenters. The highest BCUT2D eigenvalue weighted by Gasteiger charge is 2.78. The summed E-state index contributed by atoms with van der Waals surface area (Å²) in [4.78, 5) is 0. The lowest BCUT2D eigenvalue weighted by Crippen LogP contribution is -2.68. The number of hydrogen-bond acceptors (Lipinski definition) is 2. The van der Waals surface area contributed by atoms with Gasteiger partial charge in [0.25, 0.3) is 11.5 Å². The van der Waals surface area contributed by atoms with E-state index in [1.54, 1.807) is 26.6 Å². The molecule has 0 N–H and O–H groups in total. The fraction of sp³-hybridized carbons (Fsp3) is 0.800. The molecule has 0 aliphatic carbocycles. The van der Waals surface area contributed by atoms with E-state index in [-0.39, 0.29) is 17.7 Å². The molecular formula is C10H14Cl3F3O2Si. The first kappa shape index (κ1) is 17.3. The van der Waals surface area contributed by atoms with Crippen LogP contribution in [0.2, 0.25) is 19.6 Å². The summed E-state index contributed by atoms with van der Waals surface area (Å²) < 4.78 is 47.8. The highest BCUT2D eigenvalue weighted by Crippen LogP contribution is 2.62. The Bertz CT molecular complexity index is 382. The average molecular weight is 358 g/mol. The van der Waals surface area contributed by atoms with Crippen molar-refractivity contribution in [2.75, 3.05) is 6.61 Å². The highest BCUT2D eigenvalue weighted by atomic mass is 35.5. The Labute approximate surface area is 125 Å². The van der Waals surface area contributed by atoms with Crippen LogP contribution in [0.3, 0.4) is 0 Å². The number of alkyl halides is 6. The monoisotopic (exact) mass is 356 g/mol. The molecule has 1 aliphatic rings. The van der Waals surface area contributed by atoms with E-state index in [9.17, 15) is 13.2 Å². The lowest BCUT2D eigenvalue weighted by molar-refractivity contribution is -0.209. The van der Waals surface area contributed by atoms with Gasteiger partial charge in [-0.2, -0.15) is 8.78 Å². The molecule has 0 aromatic rings. The van der Waals surface area contributed by atoms with Gasteiger partial charge in [-0.1, -0.05) is 42.8 Å². The van der Waals surface area contributed by atoms with E-state index >= 15 is 0 Å². The van der Waals surface area contributed by atoms with Gasteiger partial charge < -0.3 is 9.47 Å². The third-order valence-corrected chi connectivity index (χ3v) is 5.48. The highest BCUT2D eigenvalue weighted by molar-refractivity contribution is 6.84. The van der Waals surface area contributed by atoms with Crippen LogP contribution in [0, 0.1) is 0 Å². The van der Waals surface area contributed by atoms with Crippen LogP contribution >= 0.6 is 34.8 Å². The largest absolute Gasteiger partial charge is 0.466 e. The lowest BCUT2D eigenvalue weighted by Gasteiger charge is -2.52. The molecule has 19 heavy (non-hydrogen) atoms. The summed E-state index contributed by atoms with van der Waals surface area (Å²) in [5.74, 6) is -0.162. The predicted octanol–water partition coefficient (Wildman–Crippen LogP) is 4.81. The summed E-state index contributed by atoms with van der Waals surface area (Å²) in [7, 11) is -2.47. The van der Waals surface area contributed by atoms with E-state index in [1.807, 2.05) is 0 Å². The van der Waals surface area contributed by atoms with Crippen LogP contribution in [0.15, 0.2) is 11.1 Å². The minimum atomic E-state index is -4.11. The summed E-state index contributed by atoms with van der Waals surface area (Å²) in [6.45, 7) is 6.94. The Hall–Kier alpha value is 0.217. The fourth-order valence-electron chi connectivity index (χ4n) is 1.97. The maximum atomic E-state index is 14.0. The maximum absolute atomic E-state index is 14.0. The summed E-state index contributed by atoms with van der Waals surface area (Å²) in [6, 6.07) is 0. The van der Waals surface area contributed by atoms with Crippen molar-refractivity contribution in [3.8, 4) is 0 Å². The van der Waals surface area contributed by atoms with Gasteiger partial charge in [-0.3, -0.25) is 0 Å².